The minimum absolute atomic E-state index is 1.01. The molecule has 0 atom stereocenters. The van der Waals surface area contributed by atoms with Crippen molar-refractivity contribution < 1.29 is 0 Å². The molecule has 0 aromatic carbocycles. The number of hydrogen-bond acceptors (Lipinski definition) is 6. The van der Waals surface area contributed by atoms with Crippen LogP contribution >= 0.6 is 23.9 Å². The van der Waals surface area contributed by atoms with Crippen LogP contribution in [-0.4, -0.2) is 52.7 Å². The minimum atomic E-state index is 1.01. The summed E-state index contributed by atoms with van der Waals surface area (Å²) in [6.45, 7) is 6.41. The average Bonchev–Trinajstić information content (AvgIpc) is 2.38. The number of hydrogen-bond donors (Lipinski definition) is 1. The van der Waals surface area contributed by atoms with Crippen molar-refractivity contribution >= 4 is 23.9 Å². The second kappa shape index (κ2) is 9.47. The van der Waals surface area contributed by atoms with Crippen LogP contribution < -0.4 is 5.43 Å². The van der Waals surface area contributed by atoms with Gasteiger partial charge in [0, 0.05) is 6.54 Å². The van der Waals surface area contributed by atoms with Gasteiger partial charge in [0.05, 0.1) is 20.0 Å². The first kappa shape index (κ1) is 15.6. The van der Waals surface area contributed by atoms with Crippen molar-refractivity contribution in [1.82, 2.24) is 19.0 Å². The maximum atomic E-state index is 3.53. The van der Waals surface area contributed by atoms with E-state index in [-0.39, 0.29) is 0 Å². The highest BCUT2D eigenvalue weighted by Crippen LogP contribution is 2.17. The van der Waals surface area contributed by atoms with E-state index in [1.54, 1.807) is 0 Å². The molecule has 102 valence electrons. The smallest absolute Gasteiger partial charge is 0.0772 e. The van der Waals surface area contributed by atoms with Crippen LogP contribution in [-0.2, 0) is 0 Å². The first-order chi connectivity index (χ1) is 8.30. The Hall–Kier alpha value is 0.540. The summed E-state index contributed by atoms with van der Waals surface area (Å²) in [6.07, 6.45) is 9.57. The third-order valence-electron chi connectivity index (χ3n) is 2.85. The Morgan fingerprint density at radius 2 is 1.59 bits per heavy atom. The van der Waals surface area contributed by atoms with Crippen LogP contribution in [0, 0.1) is 0 Å². The van der Waals surface area contributed by atoms with E-state index in [9.17, 15) is 0 Å². The van der Waals surface area contributed by atoms with Crippen LogP contribution in [0.4, 0.5) is 0 Å². The Kier molecular flexibility index (Phi) is 8.69. The molecule has 1 saturated heterocycles. The van der Waals surface area contributed by atoms with Crippen molar-refractivity contribution in [2.24, 2.45) is 0 Å². The second-order valence-electron chi connectivity index (χ2n) is 4.26. The monoisotopic (exact) mass is 278 g/mol. The summed E-state index contributed by atoms with van der Waals surface area (Å²) in [6, 6.07) is 0. The van der Waals surface area contributed by atoms with Gasteiger partial charge in [0.25, 0.3) is 0 Å². The lowest BCUT2D eigenvalue weighted by Gasteiger charge is -2.40. The molecule has 1 aliphatic rings. The van der Waals surface area contributed by atoms with Gasteiger partial charge in [0.2, 0.25) is 0 Å². The quantitative estimate of drug-likeness (QED) is 0.540. The van der Waals surface area contributed by atoms with Gasteiger partial charge >= 0.3 is 0 Å². The molecule has 0 aliphatic carbocycles. The van der Waals surface area contributed by atoms with Crippen molar-refractivity contribution in [3.05, 3.63) is 0 Å². The first-order valence-corrected chi connectivity index (χ1v) is 8.73. The van der Waals surface area contributed by atoms with Gasteiger partial charge in [-0.05, 0) is 18.9 Å². The second-order valence-corrected chi connectivity index (χ2v) is 6.02. The summed E-state index contributed by atoms with van der Waals surface area (Å²) in [5.41, 5.74) is 3.53. The third kappa shape index (κ3) is 6.31. The zero-order valence-corrected chi connectivity index (χ0v) is 12.9. The fourth-order valence-corrected chi connectivity index (χ4v) is 2.90. The number of unbranched alkanes of at least 4 members (excludes halogenated alkanes) is 3. The molecule has 0 amide bonds. The van der Waals surface area contributed by atoms with Gasteiger partial charge in [-0.2, -0.15) is 0 Å². The van der Waals surface area contributed by atoms with Gasteiger partial charge in [-0.1, -0.05) is 50.1 Å². The number of hydrazine groups is 1. The molecular formula is C11H26N4S2. The fraction of sp³-hybridized carbons (Fsp3) is 1.00. The largest absolute Gasteiger partial charge is 0.253 e. The molecule has 0 bridgehead atoms. The minimum Gasteiger partial charge on any atom is -0.253 e. The zero-order valence-electron chi connectivity index (χ0n) is 11.3. The Balaban J connectivity index is 2.17. The molecule has 6 heteroatoms. The van der Waals surface area contributed by atoms with Crippen molar-refractivity contribution in [2.45, 2.75) is 32.6 Å². The van der Waals surface area contributed by atoms with Crippen LogP contribution in [0.5, 0.6) is 0 Å². The summed E-state index contributed by atoms with van der Waals surface area (Å²) in [7, 11) is 0. The zero-order chi connectivity index (χ0) is 12.5. The molecule has 1 heterocycles. The summed E-state index contributed by atoms with van der Waals surface area (Å²) in [5.74, 6) is 0. The van der Waals surface area contributed by atoms with E-state index in [4.69, 9.17) is 0 Å². The van der Waals surface area contributed by atoms with E-state index in [1.807, 2.05) is 23.9 Å². The number of nitrogens with one attached hydrogen (secondary N) is 1. The van der Waals surface area contributed by atoms with E-state index in [2.05, 4.69) is 38.5 Å². The number of nitrogens with zero attached hydrogens (tertiary/aromatic N) is 3. The molecule has 0 aromatic heterocycles. The molecule has 0 saturated carbocycles. The van der Waals surface area contributed by atoms with Crippen molar-refractivity contribution in [1.29, 1.82) is 0 Å². The summed E-state index contributed by atoms with van der Waals surface area (Å²) in [5, 5.41) is 2.31. The summed E-state index contributed by atoms with van der Waals surface area (Å²) < 4.78 is 4.72. The predicted molar refractivity (Wildman–Crippen MR) is 79.3 cm³/mol. The maximum absolute atomic E-state index is 3.53. The normalized spacial score (nSPS) is 19.9. The Morgan fingerprint density at radius 1 is 0.941 bits per heavy atom. The molecule has 1 fully saturated rings. The van der Waals surface area contributed by atoms with Crippen molar-refractivity contribution in [2.75, 3.05) is 39.1 Å². The van der Waals surface area contributed by atoms with Gasteiger partial charge in [-0.25, -0.2) is 13.6 Å². The highest BCUT2D eigenvalue weighted by atomic mass is 32.2. The molecule has 1 aliphatic heterocycles. The van der Waals surface area contributed by atoms with Crippen molar-refractivity contribution in [3.63, 3.8) is 0 Å². The van der Waals surface area contributed by atoms with E-state index < -0.39 is 0 Å². The third-order valence-corrected chi connectivity index (χ3v) is 4.35. The average molecular weight is 278 g/mol. The molecular weight excluding hydrogens is 252 g/mol. The Morgan fingerprint density at radius 3 is 2.12 bits per heavy atom. The standard InChI is InChI=1S/C11H26N4S2/c1-4-5-6-7-8-12-13-9-14(16-2)11-15(10-13)17-3/h12H,4-11H2,1-3H3. The molecule has 0 aromatic rings. The lowest BCUT2D eigenvalue weighted by Crippen LogP contribution is -2.55. The van der Waals surface area contributed by atoms with Gasteiger partial charge in [0.1, 0.15) is 0 Å². The summed E-state index contributed by atoms with van der Waals surface area (Å²) >= 11 is 3.63. The topological polar surface area (TPSA) is 21.8 Å². The number of rotatable bonds is 8. The van der Waals surface area contributed by atoms with E-state index >= 15 is 0 Å². The molecule has 1 N–H and O–H groups in total. The van der Waals surface area contributed by atoms with Gasteiger partial charge in [-0.3, -0.25) is 5.43 Å². The maximum Gasteiger partial charge on any atom is 0.0772 e. The highest BCUT2D eigenvalue weighted by Gasteiger charge is 2.21. The van der Waals surface area contributed by atoms with Crippen LogP contribution in [0.15, 0.2) is 0 Å². The SMILES string of the molecule is CCCCCCNN1CN(SC)CN(SC)C1. The Bertz CT molecular complexity index is 182. The fourth-order valence-electron chi connectivity index (χ4n) is 1.81. The lowest BCUT2D eigenvalue weighted by molar-refractivity contribution is 0.0338. The van der Waals surface area contributed by atoms with Gasteiger partial charge in [-0.15, -0.1) is 0 Å². The molecule has 0 radical (unpaired) electrons. The summed E-state index contributed by atoms with van der Waals surface area (Å²) in [4.78, 5) is 0. The predicted octanol–water partition coefficient (Wildman–Crippen LogP) is 2.42. The van der Waals surface area contributed by atoms with E-state index in [0.29, 0.717) is 0 Å². The van der Waals surface area contributed by atoms with E-state index in [1.165, 1.54) is 25.7 Å². The van der Waals surface area contributed by atoms with Crippen LogP contribution in [0.1, 0.15) is 32.6 Å². The highest BCUT2D eigenvalue weighted by molar-refractivity contribution is 7.97. The van der Waals surface area contributed by atoms with Crippen LogP contribution in [0.25, 0.3) is 0 Å². The molecule has 4 nitrogen and oxygen atoms in total. The first-order valence-electron chi connectivity index (χ1n) is 6.36. The van der Waals surface area contributed by atoms with Crippen molar-refractivity contribution in [3.8, 4) is 0 Å². The molecule has 17 heavy (non-hydrogen) atoms. The molecule has 0 unspecified atom stereocenters. The Labute approximate surface area is 115 Å². The van der Waals surface area contributed by atoms with E-state index in [0.717, 1.165) is 26.6 Å². The van der Waals surface area contributed by atoms with Crippen LogP contribution in [0.3, 0.4) is 0 Å². The van der Waals surface area contributed by atoms with Gasteiger partial charge in [0.15, 0.2) is 0 Å². The van der Waals surface area contributed by atoms with Crippen LogP contribution in [0.2, 0.25) is 0 Å². The molecule has 0 spiro atoms. The van der Waals surface area contributed by atoms with Gasteiger partial charge < -0.3 is 0 Å². The molecule has 1 rings (SSSR count). The lowest BCUT2D eigenvalue weighted by atomic mass is 10.2.